The molecule has 0 amide bonds. The van der Waals surface area contributed by atoms with Crippen molar-refractivity contribution in [2.45, 2.75) is 74.0 Å². The number of fused-ring (bicyclic) bond motifs is 20. The first kappa shape index (κ1) is 91.1. The first-order chi connectivity index (χ1) is 73.7. The highest BCUT2D eigenvalue weighted by molar-refractivity contribution is 7.26. The van der Waals surface area contributed by atoms with Crippen LogP contribution >= 0.6 is 22.7 Å². The minimum atomic E-state index is -0.581. The molecule has 0 aliphatic heterocycles. The van der Waals surface area contributed by atoms with E-state index in [0.29, 0.717) is 5.82 Å². The maximum atomic E-state index is 6.53. The molecule has 5 heterocycles. The Balaban J connectivity index is 0.000000111. The third-order valence-corrected chi connectivity index (χ3v) is 35.4. The molecule has 0 spiro atoms. The van der Waals surface area contributed by atoms with Crippen LogP contribution in [0.4, 0.5) is 17.1 Å². The van der Waals surface area contributed by atoms with E-state index >= 15 is 0 Å². The number of hydrogen-bond donors (Lipinski definition) is 0. The van der Waals surface area contributed by atoms with Gasteiger partial charge in [0, 0.05) is 112 Å². The lowest BCUT2D eigenvalue weighted by Crippen LogP contribution is -2.50. The van der Waals surface area contributed by atoms with Crippen LogP contribution in [0.3, 0.4) is 0 Å². The highest BCUT2D eigenvalue weighted by Gasteiger charge is 2.59. The molecule has 3 atom stereocenters. The van der Waals surface area contributed by atoms with Gasteiger partial charge in [-0.15, -0.1) is 22.7 Å². The van der Waals surface area contributed by atoms with Crippen molar-refractivity contribution in [1.29, 1.82) is 0 Å². The molecule has 3 aliphatic carbocycles. The molecule has 26 aromatic rings. The average Bonchev–Trinajstić information content (AvgIpc) is 1.03. The standard InChI is InChI=1S/C48H34N2O.C48H34N2S.C46H35NS/c1-47(2)38-21-10-6-17-34(38)35-18-7-11-22-39(35)48(47,40-23-14-26-43-44(40)37-20-9-13-25-42(37)51-43)33-29-27-32(28-30-33)46-49-41-24-12-8-19-36(41)45(50-46)31-15-4-3-5-16-31;1-47(2)38-21-9-6-17-34(38)35-18-7-10-22-39(35)48(47,40-23-14-20-37-36-19-8-13-26-43(36)51-46(37)40)33-29-27-32(28-30-33)45-44(31-15-4-3-5-16-31)49-41-24-11-12-25-42(41)50-45;1-45(2)40-24-12-9-20-36(40)37-21-10-13-25-41(37)46(45,42-26-15-23-39-38-22-11-14-27-43(38)48-44(39)42)32-28-30-35(31-29-32)47(33-16-5-3-6-17-33)34-18-7-4-8-19-34/h2*3-30H,1-2H3;3-31H,1-2H3. The van der Waals surface area contributed by atoms with Crippen molar-refractivity contribution in [3.8, 4) is 78.5 Å². The van der Waals surface area contributed by atoms with E-state index in [4.69, 9.17) is 24.4 Å². The van der Waals surface area contributed by atoms with Crippen LogP contribution < -0.4 is 4.90 Å². The Morgan fingerprint density at radius 3 is 0.953 bits per heavy atom. The largest absolute Gasteiger partial charge is 0.456 e. The summed E-state index contributed by atoms with van der Waals surface area (Å²) in [5.41, 5.74) is 35.8. The smallest absolute Gasteiger partial charge is 0.160 e. The van der Waals surface area contributed by atoms with E-state index in [1.54, 1.807) is 0 Å². The Morgan fingerprint density at radius 2 is 0.500 bits per heavy atom. The number of nitrogens with zero attached hydrogens (tertiary/aromatic N) is 5. The molecule has 8 heteroatoms. The fraction of sp³-hybridized carbons (Fsp3) is 0.0845. The van der Waals surface area contributed by atoms with Crippen LogP contribution in [0.1, 0.15) is 108 Å². The van der Waals surface area contributed by atoms with E-state index < -0.39 is 16.2 Å². The maximum Gasteiger partial charge on any atom is 0.160 e. The van der Waals surface area contributed by atoms with E-state index in [-0.39, 0.29) is 16.2 Å². The summed E-state index contributed by atoms with van der Waals surface area (Å²) < 4.78 is 11.9. The minimum absolute atomic E-state index is 0.289. The molecule has 6 nitrogen and oxygen atoms in total. The molecule has 5 aromatic heterocycles. The lowest BCUT2D eigenvalue weighted by molar-refractivity contribution is 0.355. The molecular weight excluding hydrogens is 1860 g/mol. The highest BCUT2D eigenvalue weighted by Crippen LogP contribution is 2.67. The van der Waals surface area contributed by atoms with Gasteiger partial charge in [0.1, 0.15) is 11.2 Å². The molecule has 21 aromatic carbocycles. The zero-order valence-electron chi connectivity index (χ0n) is 84.0. The SMILES string of the molecule is CC1(C)c2ccccc2-c2ccccc2C1(c1ccc(-c2nc(-c3ccccc3)c3ccccc3n2)cc1)c1cccc2oc3ccccc3c12.CC1(C)c2ccccc2-c2ccccc2C1(c1ccc(-c2nc3ccccc3nc2-c2ccccc2)cc1)c1cccc2c1sc1ccccc12.CC1(C)c2ccccc2-c2ccccc2C1(c1ccc(N(c2ccccc2)c2ccccc2)cc1)c1cccc2c1sc1ccccc12. The van der Waals surface area contributed by atoms with Crippen molar-refractivity contribution in [2.24, 2.45) is 0 Å². The van der Waals surface area contributed by atoms with E-state index in [1.807, 2.05) is 65.1 Å². The summed E-state index contributed by atoms with van der Waals surface area (Å²) >= 11 is 3.84. The van der Waals surface area contributed by atoms with Crippen molar-refractivity contribution >= 4 is 124 Å². The summed E-state index contributed by atoms with van der Waals surface area (Å²) in [5.74, 6) is 0.713. The summed E-state index contributed by atoms with van der Waals surface area (Å²) in [5, 5.41) is 8.62. The maximum absolute atomic E-state index is 6.53. The van der Waals surface area contributed by atoms with Gasteiger partial charge in [0.25, 0.3) is 0 Å². The highest BCUT2D eigenvalue weighted by atomic mass is 32.1. The summed E-state index contributed by atoms with van der Waals surface area (Å²) in [6.45, 7) is 14.6. The molecule has 0 saturated heterocycles. The fourth-order valence-corrected chi connectivity index (χ4v) is 28.9. The number of thiophene rings is 2. The van der Waals surface area contributed by atoms with Crippen LogP contribution in [0.5, 0.6) is 0 Å². The predicted molar refractivity (Wildman–Crippen MR) is 629 cm³/mol. The monoisotopic (exact) mass is 1960 g/mol. The van der Waals surface area contributed by atoms with Crippen molar-refractivity contribution in [2.75, 3.05) is 4.90 Å². The Kier molecular flexibility index (Phi) is 22.0. The fourth-order valence-electron chi connectivity index (χ4n) is 26.4. The van der Waals surface area contributed by atoms with Crippen molar-refractivity contribution in [3.05, 3.63) is 582 Å². The predicted octanol–water partition coefficient (Wildman–Crippen LogP) is 37.6. The number of benzene rings is 21. The number of hydrogen-bond acceptors (Lipinski definition) is 8. The van der Waals surface area contributed by atoms with E-state index in [0.717, 1.165) is 100 Å². The zero-order chi connectivity index (χ0) is 101. The van der Waals surface area contributed by atoms with E-state index in [9.17, 15) is 0 Å². The summed E-state index contributed by atoms with van der Waals surface area (Å²) in [6.07, 6.45) is 0. The number of aromatic nitrogens is 4. The average molecular weight is 1960 g/mol. The van der Waals surface area contributed by atoms with Gasteiger partial charge in [-0.05, 0) is 179 Å². The van der Waals surface area contributed by atoms with Gasteiger partial charge in [-0.1, -0.05) is 478 Å². The zero-order valence-corrected chi connectivity index (χ0v) is 85.7. The summed E-state index contributed by atoms with van der Waals surface area (Å²) in [4.78, 5) is 23.0. The normalized spacial score (nSPS) is 16.3. The quantitative estimate of drug-likeness (QED) is 0.115. The number of para-hydroxylation sites is 6. The Labute approximate surface area is 881 Å². The van der Waals surface area contributed by atoms with Gasteiger partial charge in [-0.25, -0.2) is 19.9 Å². The second kappa shape index (κ2) is 36.2. The van der Waals surface area contributed by atoms with Gasteiger partial charge in [-0.2, -0.15) is 0 Å². The van der Waals surface area contributed by atoms with Crippen molar-refractivity contribution in [3.63, 3.8) is 0 Å². The van der Waals surface area contributed by atoms with Crippen LogP contribution in [0.2, 0.25) is 0 Å². The van der Waals surface area contributed by atoms with Gasteiger partial charge in [0.05, 0.1) is 49.9 Å². The molecule has 3 aliphatic rings. The first-order valence-electron chi connectivity index (χ1n) is 51.9. The van der Waals surface area contributed by atoms with Crippen LogP contribution in [-0.2, 0) is 32.5 Å². The van der Waals surface area contributed by atoms with Gasteiger partial charge >= 0.3 is 0 Å². The Bertz CT molecular complexity index is 9710. The number of anilines is 3. The molecule has 0 bridgehead atoms. The Morgan fingerprint density at radius 1 is 0.200 bits per heavy atom. The van der Waals surface area contributed by atoms with Crippen molar-refractivity contribution < 1.29 is 4.42 Å². The third-order valence-electron chi connectivity index (χ3n) is 32.9. The van der Waals surface area contributed by atoms with Gasteiger partial charge in [-0.3, -0.25) is 0 Å². The minimum Gasteiger partial charge on any atom is -0.456 e. The second-order valence-electron chi connectivity index (χ2n) is 41.5. The number of furan rings is 1. The topological polar surface area (TPSA) is 67.9 Å². The van der Waals surface area contributed by atoms with Crippen LogP contribution in [-0.4, -0.2) is 19.9 Å². The lowest BCUT2D eigenvalue weighted by Gasteiger charge is -2.53. The first-order valence-corrected chi connectivity index (χ1v) is 53.5. The molecule has 150 heavy (non-hydrogen) atoms. The van der Waals surface area contributed by atoms with Crippen molar-refractivity contribution in [1.82, 2.24) is 19.9 Å². The summed E-state index contributed by atoms with van der Waals surface area (Å²) in [7, 11) is 0. The van der Waals surface area contributed by atoms with Gasteiger partial charge in [0.2, 0.25) is 0 Å². The molecule has 29 rings (SSSR count). The second-order valence-corrected chi connectivity index (χ2v) is 43.6. The third kappa shape index (κ3) is 14.0. The molecule has 0 saturated carbocycles. The molecule has 0 N–H and O–H groups in total. The summed E-state index contributed by atoms with van der Waals surface area (Å²) in [6, 6.07) is 187. The van der Waals surface area contributed by atoms with Crippen LogP contribution in [0.25, 0.3) is 163 Å². The number of rotatable bonds is 13. The molecule has 0 radical (unpaired) electrons. The van der Waals surface area contributed by atoms with Crippen LogP contribution in [0, 0.1) is 0 Å². The molecule has 3 unspecified atom stereocenters. The van der Waals surface area contributed by atoms with Crippen LogP contribution in [0.15, 0.2) is 520 Å². The van der Waals surface area contributed by atoms with Gasteiger partial charge < -0.3 is 9.32 Å². The van der Waals surface area contributed by atoms with E-state index in [2.05, 4.69) is 520 Å². The Hall–Kier alpha value is -17.7. The lowest BCUT2D eigenvalue weighted by atomic mass is 9.48. The van der Waals surface area contributed by atoms with Gasteiger partial charge in [0.15, 0.2) is 5.82 Å². The molecule has 714 valence electrons. The molecular formula is C142H103N5OS2. The van der Waals surface area contributed by atoms with E-state index in [1.165, 1.54) is 140 Å². The molecule has 0 fully saturated rings.